The molecule has 0 heterocycles. The van der Waals surface area contributed by atoms with E-state index in [0.717, 1.165) is 21.9 Å². The fourth-order valence-electron chi connectivity index (χ4n) is 3.94. The molecule has 0 aromatic heterocycles. The van der Waals surface area contributed by atoms with Gasteiger partial charge in [0.2, 0.25) is 5.91 Å². The van der Waals surface area contributed by atoms with Gasteiger partial charge in [0.05, 0.1) is 29.2 Å². The highest BCUT2D eigenvalue weighted by molar-refractivity contribution is 6.07. The molecule has 0 saturated heterocycles. The Bertz CT molecular complexity index is 1480. The van der Waals surface area contributed by atoms with Gasteiger partial charge in [-0.1, -0.05) is 36.9 Å². The van der Waals surface area contributed by atoms with E-state index in [2.05, 4.69) is 11.3 Å². The number of aromatic hydroxyl groups is 1. The van der Waals surface area contributed by atoms with Crippen molar-refractivity contribution in [1.29, 1.82) is 0 Å². The van der Waals surface area contributed by atoms with E-state index in [9.17, 15) is 32.7 Å². The van der Waals surface area contributed by atoms with Gasteiger partial charge in [-0.25, -0.2) is 9.59 Å². The van der Waals surface area contributed by atoms with E-state index < -0.39 is 35.7 Å². The van der Waals surface area contributed by atoms with Gasteiger partial charge in [0.1, 0.15) is 23.7 Å². The summed E-state index contributed by atoms with van der Waals surface area (Å²) in [5.74, 6) is -2.02. The molecule has 1 N–H and O–H groups in total. The van der Waals surface area contributed by atoms with Crippen LogP contribution in [0, 0.1) is 0 Å². The average molecular weight is 601 g/mol. The largest absolute Gasteiger partial charge is 0.573 e. The van der Waals surface area contributed by atoms with Gasteiger partial charge < -0.3 is 19.3 Å². The molecular formula is C31H31F3N2O7. The molecule has 3 aromatic rings. The van der Waals surface area contributed by atoms with Crippen LogP contribution in [0.15, 0.2) is 79.4 Å². The zero-order valence-electron chi connectivity index (χ0n) is 24.0. The fourth-order valence-corrected chi connectivity index (χ4v) is 3.94. The quantitative estimate of drug-likeness (QED) is 0.204. The first kappa shape index (κ1) is 32.5. The van der Waals surface area contributed by atoms with E-state index in [1.54, 1.807) is 32.9 Å². The third-order valence-electron chi connectivity index (χ3n) is 5.62. The van der Waals surface area contributed by atoms with Crippen LogP contribution in [0.2, 0.25) is 0 Å². The predicted molar refractivity (Wildman–Crippen MR) is 153 cm³/mol. The van der Waals surface area contributed by atoms with E-state index in [1.807, 2.05) is 0 Å². The van der Waals surface area contributed by atoms with E-state index in [1.165, 1.54) is 55.5 Å². The molecule has 0 aliphatic carbocycles. The highest BCUT2D eigenvalue weighted by Crippen LogP contribution is 2.40. The standard InChI is InChI=1S/C31H31F3N2O7/c1-6-17-41-28(39)22-13-16-24(26(18-22)36(20(2)37)25-9-7-8-10-27(25)38)35(29(40)43-30(3,4)5)19-21-11-14-23(15-12-21)42-31(32,33)34/h6-16,18,38H,1,17,19H2,2-5H3. The summed E-state index contributed by atoms with van der Waals surface area (Å²) in [5.41, 5.74) is -0.372. The zero-order valence-corrected chi connectivity index (χ0v) is 24.0. The third-order valence-corrected chi connectivity index (χ3v) is 5.62. The molecule has 0 radical (unpaired) electrons. The van der Waals surface area contributed by atoms with Gasteiger partial charge in [-0.15, -0.1) is 13.2 Å². The molecule has 0 aliphatic rings. The number of benzene rings is 3. The Labute approximate surface area is 246 Å². The maximum absolute atomic E-state index is 13.6. The number of anilines is 3. The number of phenols is 1. The Balaban J connectivity index is 2.21. The lowest BCUT2D eigenvalue weighted by atomic mass is 10.1. The monoisotopic (exact) mass is 600 g/mol. The summed E-state index contributed by atoms with van der Waals surface area (Å²) in [4.78, 5) is 41.7. The Morgan fingerprint density at radius 3 is 2.14 bits per heavy atom. The number of halogens is 3. The van der Waals surface area contributed by atoms with Crippen LogP contribution >= 0.6 is 0 Å². The normalized spacial score (nSPS) is 11.3. The van der Waals surface area contributed by atoms with Crippen molar-refractivity contribution in [2.24, 2.45) is 0 Å². The maximum Gasteiger partial charge on any atom is 0.573 e. The van der Waals surface area contributed by atoms with Crippen molar-refractivity contribution >= 4 is 35.0 Å². The number of para-hydroxylation sites is 2. The van der Waals surface area contributed by atoms with Crippen LogP contribution in [0.1, 0.15) is 43.6 Å². The van der Waals surface area contributed by atoms with Crippen LogP contribution in [0.5, 0.6) is 11.5 Å². The number of alkyl halides is 3. The fraction of sp³-hybridized carbons (Fsp3) is 0.258. The minimum atomic E-state index is -4.88. The number of esters is 1. The van der Waals surface area contributed by atoms with Gasteiger partial charge in [-0.05, 0) is 68.8 Å². The first-order chi connectivity index (χ1) is 20.1. The predicted octanol–water partition coefficient (Wildman–Crippen LogP) is 7.26. The van der Waals surface area contributed by atoms with Gasteiger partial charge in [-0.3, -0.25) is 14.6 Å². The van der Waals surface area contributed by atoms with Crippen LogP contribution in [0.25, 0.3) is 0 Å². The van der Waals surface area contributed by atoms with Gasteiger partial charge in [0.25, 0.3) is 0 Å². The summed E-state index contributed by atoms with van der Waals surface area (Å²) >= 11 is 0. The lowest BCUT2D eigenvalue weighted by Crippen LogP contribution is -2.38. The first-order valence-electron chi connectivity index (χ1n) is 13.0. The van der Waals surface area contributed by atoms with Gasteiger partial charge in [0.15, 0.2) is 0 Å². The SMILES string of the molecule is C=CCOC(=O)c1ccc(N(Cc2ccc(OC(F)(F)F)cc2)C(=O)OC(C)(C)C)c(N(C(C)=O)c2ccccc2O)c1. The number of hydrogen-bond donors (Lipinski definition) is 1. The van der Waals surface area contributed by atoms with E-state index in [4.69, 9.17) is 9.47 Å². The van der Waals surface area contributed by atoms with Crippen molar-refractivity contribution in [2.75, 3.05) is 16.4 Å². The number of carbonyl (C=O) groups excluding carboxylic acids is 3. The van der Waals surface area contributed by atoms with Crippen LogP contribution in [0.4, 0.5) is 35.0 Å². The van der Waals surface area contributed by atoms with Crippen molar-refractivity contribution < 1.29 is 46.9 Å². The second-order valence-corrected chi connectivity index (χ2v) is 10.2. The highest BCUT2D eigenvalue weighted by Gasteiger charge is 2.32. The number of nitrogens with zero attached hydrogens (tertiary/aromatic N) is 2. The summed E-state index contributed by atoms with van der Waals surface area (Å²) in [6.07, 6.45) is -4.36. The average Bonchev–Trinajstić information content (AvgIpc) is 2.90. The molecule has 228 valence electrons. The Hall–Kier alpha value is -5.00. The smallest absolute Gasteiger partial charge is 0.506 e. The minimum absolute atomic E-state index is 0.0185. The number of phenolic OH excluding ortho intramolecular Hbond substituents is 1. The van der Waals surface area contributed by atoms with Crippen molar-refractivity contribution in [1.82, 2.24) is 0 Å². The molecule has 0 unspecified atom stereocenters. The summed E-state index contributed by atoms with van der Waals surface area (Å²) in [5, 5.41) is 10.6. The second kappa shape index (κ2) is 13.3. The summed E-state index contributed by atoms with van der Waals surface area (Å²) in [6, 6.07) is 15.0. The van der Waals surface area contributed by atoms with Gasteiger partial charge >= 0.3 is 18.4 Å². The molecule has 0 saturated carbocycles. The topological polar surface area (TPSA) is 106 Å². The van der Waals surface area contributed by atoms with Crippen molar-refractivity contribution in [3.05, 3.63) is 90.5 Å². The van der Waals surface area contributed by atoms with Crippen LogP contribution in [0.3, 0.4) is 0 Å². The van der Waals surface area contributed by atoms with Gasteiger partial charge in [0, 0.05) is 6.92 Å². The molecule has 3 rings (SSSR count). The van der Waals surface area contributed by atoms with Crippen LogP contribution in [-0.4, -0.2) is 41.6 Å². The second-order valence-electron chi connectivity index (χ2n) is 10.2. The molecule has 0 spiro atoms. The Kier molecular flexibility index (Phi) is 10.1. The molecule has 3 aromatic carbocycles. The summed E-state index contributed by atoms with van der Waals surface area (Å²) < 4.78 is 52.7. The van der Waals surface area contributed by atoms with E-state index >= 15 is 0 Å². The molecule has 43 heavy (non-hydrogen) atoms. The van der Waals surface area contributed by atoms with Crippen molar-refractivity contribution in [3.63, 3.8) is 0 Å². The number of hydrogen-bond acceptors (Lipinski definition) is 7. The molecule has 0 atom stereocenters. The lowest BCUT2D eigenvalue weighted by molar-refractivity contribution is -0.274. The molecule has 12 heteroatoms. The maximum atomic E-state index is 13.6. The summed E-state index contributed by atoms with van der Waals surface area (Å²) in [6.45, 7) is 9.39. The Morgan fingerprint density at radius 2 is 1.58 bits per heavy atom. The van der Waals surface area contributed by atoms with Crippen LogP contribution < -0.4 is 14.5 Å². The van der Waals surface area contributed by atoms with E-state index in [0.29, 0.717) is 5.56 Å². The minimum Gasteiger partial charge on any atom is -0.506 e. The zero-order chi connectivity index (χ0) is 31.9. The molecule has 9 nitrogen and oxygen atoms in total. The lowest BCUT2D eigenvalue weighted by Gasteiger charge is -2.32. The molecule has 2 amide bonds. The number of ether oxygens (including phenoxy) is 3. The number of rotatable bonds is 9. The molecule has 0 fully saturated rings. The molecule has 0 bridgehead atoms. The first-order valence-corrected chi connectivity index (χ1v) is 13.0. The van der Waals surface area contributed by atoms with Gasteiger partial charge in [-0.2, -0.15) is 0 Å². The summed E-state index contributed by atoms with van der Waals surface area (Å²) in [7, 11) is 0. The highest BCUT2D eigenvalue weighted by atomic mass is 19.4. The molecular weight excluding hydrogens is 569 g/mol. The Morgan fingerprint density at radius 1 is 0.930 bits per heavy atom. The third kappa shape index (κ3) is 8.99. The number of carbonyl (C=O) groups is 3. The van der Waals surface area contributed by atoms with E-state index in [-0.39, 0.29) is 41.5 Å². The van der Waals surface area contributed by atoms with Crippen molar-refractivity contribution in [3.8, 4) is 11.5 Å². The van der Waals surface area contributed by atoms with Crippen molar-refractivity contribution in [2.45, 2.75) is 46.2 Å². The molecule has 0 aliphatic heterocycles. The number of amides is 2. The van der Waals surface area contributed by atoms with Crippen LogP contribution in [-0.2, 0) is 20.8 Å².